The van der Waals surface area contributed by atoms with Crippen LogP contribution in [-0.2, 0) is 24.5 Å². The number of pyridine rings is 1. The van der Waals surface area contributed by atoms with Crippen LogP contribution in [-0.4, -0.2) is 20.9 Å². The summed E-state index contributed by atoms with van der Waals surface area (Å²) in [5.74, 6) is 0.847. The molecule has 6 nitrogen and oxygen atoms in total. The van der Waals surface area contributed by atoms with Crippen molar-refractivity contribution in [3.8, 4) is 17.1 Å². The molecule has 0 atom stereocenters. The van der Waals surface area contributed by atoms with E-state index in [1.165, 1.54) is 12.1 Å². The van der Waals surface area contributed by atoms with Gasteiger partial charge in [0.2, 0.25) is 11.8 Å². The minimum absolute atomic E-state index is 0.0395. The number of fused-ring (bicyclic) bond motifs is 1. The second kappa shape index (κ2) is 6.83. The van der Waals surface area contributed by atoms with Gasteiger partial charge in [0.05, 0.1) is 5.56 Å². The van der Waals surface area contributed by atoms with Gasteiger partial charge in [-0.2, -0.15) is 0 Å². The number of carbonyl (C=O) groups is 1. The van der Waals surface area contributed by atoms with Gasteiger partial charge in [-0.15, -0.1) is 0 Å². The van der Waals surface area contributed by atoms with Gasteiger partial charge in [-0.3, -0.25) is 4.79 Å². The number of carbonyl (C=O) groups excluding carboxylic acids is 1. The second-order valence-corrected chi connectivity index (χ2v) is 6.53. The maximum atomic E-state index is 13.2. The Morgan fingerprint density at radius 1 is 1.26 bits per heavy atom. The summed E-state index contributed by atoms with van der Waals surface area (Å²) in [5.41, 5.74) is 4.23. The van der Waals surface area contributed by atoms with Gasteiger partial charge in [-0.05, 0) is 42.3 Å². The van der Waals surface area contributed by atoms with E-state index in [1.807, 2.05) is 6.07 Å². The van der Waals surface area contributed by atoms with Crippen molar-refractivity contribution in [3.05, 3.63) is 64.8 Å². The second-order valence-electron chi connectivity index (χ2n) is 6.53. The lowest BCUT2D eigenvalue weighted by atomic mass is 10.1. The number of benzene rings is 1. The van der Waals surface area contributed by atoms with Crippen molar-refractivity contribution in [2.24, 2.45) is 0 Å². The van der Waals surface area contributed by atoms with Crippen LogP contribution in [0.25, 0.3) is 11.3 Å². The fourth-order valence-electron chi connectivity index (χ4n) is 3.10. The highest BCUT2D eigenvalue weighted by molar-refractivity contribution is 5.74. The smallest absolute Gasteiger partial charge is 0.220 e. The molecule has 0 saturated carbocycles. The Morgan fingerprint density at radius 3 is 2.74 bits per heavy atom. The third-order valence-corrected chi connectivity index (χ3v) is 4.69. The van der Waals surface area contributed by atoms with Crippen LogP contribution in [0.15, 0.2) is 41.1 Å². The van der Waals surface area contributed by atoms with Crippen LogP contribution in [0.5, 0.6) is 5.88 Å². The molecular formula is C20H18FN3O3. The molecule has 2 aromatic heterocycles. The topological polar surface area (TPSA) is 68.5 Å². The third kappa shape index (κ3) is 3.40. The monoisotopic (exact) mass is 367 g/mol. The van der Waals surface area contributed by atoms with E-state index < -0.39 is 0 Å². The molecule has 3 aromatic rings. The number of rotatable bonds is 4. The highest BCUT2D eigenvalue weighted by Crippen LogP contribution is 2.28. The zero-order valence-electron chi connectivity index (χ0n) is 15.0. The maximum absolute atomic E-state index is 13.2. The van der Waals surface area contributed by atoms with E-state index in [4.69, 9.17) is 9.26 Å². The van der Waals surface area contributed by atoms with Gasteiger partial charge in [0.15, 0.2) is 0 Å². The molecule has 0 radical (unpaired) electrons. The molecule has 138 valence electrons. The Kier molecular flexibility index (Phi) is 4.35. The molecule has 1 aliphatic rings. The number of aryl methyl sites for hydroxylation is 1. The molecule has 3 heterocycles. The summed E-state index contributed by atoms with van der Waals surface area (Å²) >= 11 is 0. The molecule has 1 aromatic carbocycles. The van der Waals surface area contributed by atoms with E-state index in [-0.39, 0.29) is 18.3 Å². The summed E-state index contributed by atoms with van der Waals surface area (Å²) in [6.07, 6.45) is 1.75. The van der Waals surface area contributed by atoms with E-state index >= 15 is 0 Å². The zero-order valence-corrected chi connectivity index (χ0v) is 15.0. The highest BCUT2D eigenvalue weighted by atomic mass is 19.1. The number of amides is 1. The lowest BCUT2D eigenvalue weighted by molar-refractivity contribution is -0.129. The fourth-order valence-corrected chi connectivity index (χ4v) is 3.10. The lowest BCUT2D eigenvalue weighted by Crippen LogP contribution is -2.21. The van der Waals surface area contributed by atoms with Crippen LogP contribution >= 0.6 is 0 Å². The van der Waals surface area contributed by atoms with Crippen molar-refractivity contribution in [2.75, 3.05) is 0 Å². The number of halogens is 1. The number of aromatic nitrogens is 2. The van der Waals surface area contributed by atoms with Crippen molar-refractivity contribution in [1.82, 2.24) is 15.0 Å². The van der Waals surface area contributed by atoms with Gasteiger partial charge >= 0.3 is 0 Å². The SMILES string of the molecule is CC(=O)N1Cc2cnc(OCc3c(-c4ccc(F)cc4)noc3C)cc2C1. The molecule has 0 unspecified atom stereocenters. The van der Waals surface area contributed by atoms with E-state index in [1.54, 1.807) is 37.1 Å². The first-order valence-corrected chi connectivity index (χ1v) is 8.58. The van der Waals surface area contributed by atoms with Crippen molar-refractivity contribution >= 4 is 5.91 Å². The third-order valence-electron chi connectivity index (χ3n) is 4.69. The summed E-state index contributed by atoms with van der Waals surface area (Å²) in [6, 6.07) is 7.93. The molecule has 0 aliphatic carbocycles. The Bertz CT molecular complexity index is 998. The van der Waals surface area contributed by atoms with Crippen LogP contribution in [0.3, 0.4) is 0 Å². The summed E-state index contributed by atoms with van der Waals surface area (Å²) in [5, 5.41) is 4.07. The van der Waals surface area contributed by atoms with Crippen LogP contribution < -0.4 is 4.74 Å². The van der Waals surface area contributed by atoms with E-state index in [0.717, 1.165) is 22.3 Å². The predicted molar refractivity (Wildman–Crippen MR) is 95.1 cm³/mol. The zero-order chi connectivity index (χ0) is 19.0. The Morgan fingerprint density at radius 2 is 2.00 bits per heavy atom. The molecule has 1 aliphatic heterocycles. The molecule has 0 N–H and O–H groups in total. The standard InChI is InChI=1S/C20H18FN3O3/c1-12-18(20(23-27-12)14-3-5-17(21)6-4-14)11-26-19-7-15-9-24(13(2)25)10-16(15)8-22-19/h3-8H,9-11H2,1-2H3. The van der Waals surface area contributed by atoms with Crippen LogP contribution in [0, 0.1) is 12.7 Å². The summed E-state index contributed by atoms with van der Waals surface area (Å²) in [7, 11) is 0. The highest BCUT2D eigenvalue weighted by Gasteiger charge is 2.22. The van der Waals surface area contributed by atoms with E-state index in [2.05, 4.69) is 10.1 Å². The Hall–Kier alpha value is -3.22. The first-order chi connectivity index (χ1) is 13.0. The van der Waals surface area contributed by atoms with Gasteiger partial charge in [-0.1, -0.05) is 5.16 Å². The number of hydrogen-bond donors (Lipinski definition) is 0. The van der Waals surface area contributed by atoms with Crippen molar-refractivity contribution in [2.45, 2.75) is 33.5 Å². The number of hydrogen-bond acceptors (Lipinski definition) is 5. The quantitative estimate of drug-likeness (QED) is 0.704. The molecule has 0 spiro atoms. The minimum atomic E-state index is -0.307. The molecule has 4 rings (SSSR count). The Labute approximate surface area is 155 Å². The molecule has 0 fully saturated rings. The predicted octanol–water partition coefficient (Wildman–Crippen LogP) is 3.63. The van der Waals surface area contributed by atoms with E-state index in [0.29, 0.717) is 30.4 Å². The van der Waals surface area contributed by atoms with Gasteiger partial charge in [0.25, 0.3) is 0 Å². The molecule has 1 amide bonds. The Balaban J connectivity index is 1.52. The van der Waals surface area contributed by atoms with Gasteiger partial charge in [0.1, 0.15) is 23.9 Å². The van der Waals surface area contributed by atoms with Gasteiger partial charge in [0, 0.05) is 37.8 Å². The van der Waals surface area contributed by atoms with E-state index in [9.17, 15) is 9.18 Å². The van der Waals surface area contributed by atoms with Crippen molar-refractivity contribution in [1.29, 1.82) is 0 Å². The van der Waals surface area contributed by atoms with Crippen LogP contribution in [0.2, 0.25) is 0 Å². The molecule has 7 heteroatoms. The fraction of sp³-hybridized carbons (Fsp3) is 0.250. The minimum Gasteiger partial charge on any atom is -0.473 e. The van der Waals surface area contributed by atoms with Crippen molar-refractivity contribution in [3.63, 3.8) is 0 Å². The molecule has 0 saturated heterocycles. The van der Waals surface area contributed by atoms with Crippen LogP contribution in [0.1, 0.15) is 29.4 Å². The largest absolute Gasteiger partial charge is 0.473 e. The summed E-state index contributed by atoms with van der Waals surface area (Å²) in [6.45, 7) is 4.74. The molecular weight excluding hydrogens is 349 g/mol. The first kappa shape index (κ1) is 17.2. The van der Waals surface area contributed by atoms with Crippen molar-refractivity contribution < 1.29 is 18.4 Å². The van der Waals surface area contributed by atoms with Gasteiger partial charge in [-0.25, -0.2) is 9.37 Å². The van der Waals surface area contributed by atoms with Gasteiger partial charge < -0.3 is 14.2 Å². The number of ether oxygens (including phenoxy) is 1. The average molecular weight is 367 g/mol. The summed E-state index contributed by atoms with van der Waals surface area (Å²) < 4.78 is 24.3. The maximum Gasteiger partial charge on any atom is 0.220 e. The first-order valence-electron chi connectivity index (χ1n) is 8.58. The average Bonchev–Trinajstić information content (AvgIpc) is 3.24. The lowest BCUT2D eigenvalue weighted by Gasteiger charge is -2.10. The normalized spacial score (nSPS) is 12.9. The molecule has 27 heavy (non-hydrogen) atoms. The van der Waals surface area contributed by atoms with Crippen LogP contribution in [0.4, 0.5) is 4.39 Å². The summed E-state index contributed by atoms with van der Waals surface area (Å²) in [4.78, 5) is 17.6. The molecule has 0 bridgehead atoms. The number of nitrogens with zero attached hydrogens (tertiary/aromatic N) is 3.